The molecular formula is C8H5Cl5. The number of hydrogen-bond acceptors (Lipinski definition) is 0. The molecule has 0 radical (unpaired) electrons. The first-order valence-corrected chi connectivity index (χ1v) is 5.24. The van der Waals surface area contributed by atoms with Gasteiger partial charge in [-0.1, -0.05) is 64.1 Å². The lowest BCUT2D eigenvalue weighted by Crippen LogP contribution is -2.00. The smallest absolute Gasteiger partial charge is 0.0827 e. The fourth-order valence-corrected chi connectivity index (χ4v) is 1.59. The van der Waals surface area contributed by atoms with Crippen LogP contribution in [0, 0.1) is 6.92 Å². The van der Waals surface area contributed by atoms with E-state index in [1.807, 2.05) is 0 Å². The third-order valence-corrected chi connectivity index (χ3v) is 3.09. The molecule has 0 saturated heterocycles. The van der Waals surface area contributed by atoms with Gasteiger partial charge in [0, 0.05) is 5.56 Å². The third kappa shape index (κ3) is 2.81. The lowest BCUT2D eigenvalue weighted by molar-refractivity contribution is 1.22. The zero-order valence-corrected chi connectivity index (χ0v) is 10.3. The fraction of sp³-hybridized carbons (Fsp3) is 0.250. The van der Waals surface area contributed by atoms with Gasteiger partial charge < -0.3 is 0 Å². The molecule has 0 amide bonds. The van der Waals surface area contributed by atoms with E-state index in [2.05, 4.69) is 0 Å². The molecule has 0 atom stereocenters. The van der Waals surface area contributed by atoms with Crippen molar-refractivity contribution in [3.05, 3.63) is 33.3 Å². The number of halogens is 5. The van der Waals surface area contributed by atoms with E-state index in [-0.39, 0.29) is 0 Å². The van der Waals surface area contributed by atoms with Gasteiger partial charge >= 0.3 is 0 Å². The van der Waals surface area contributed by atoms with Crippen molar-refractivity contribution in [3.8, 4) is 0 Å². The average Bonchev–Trinajstić information content (AvgIpc) is 1.97. The molecule has 0 N–H and O–H groups in total. The minimum atomic E-state index is -1.46. The van der Waals surface area contributed by atoms with Gasteiger partial charge in [0.2, 0.25) is 3.79 Å². The first kappa shape index (κ1) is 11.7. The molecule has 0 spiro atoms. The summed E-state index contributed by atoms with van der Waals surface area (Å²) in [5.74, 6) is 0. The minimum Gasteiger partial charge on any atom is -0.0827 e. The van der Waals surface area contributed by atoms with Crippen LogP contribution in [0.2, 0.25) is 10.0 Å². The summed E-state index contributed by atoms with van der Waals surface area (Å²) in [6, 6.07) is 3.24. The van der Waals surface area contributed by atoms with Crippen LogP contribution < -0.4 is 0 Å². The van der Waals surface area contributed by atoms with Gasteiger partial charge in [0.1, 0.15) is 0 Å². The highest BCUT2D eigenvalue weighted by molar-refractivity contribution is 6.66. The predicted molar refractivity (Wildman–Crippen MR) is 60.4 cm³/mol. The lowest BCUT2D eigenvalue weighted by atomic mass is 10.1. The molecule has 0 aliphatic carbocycles. The van der Waals surface area contributed by atoms with Crippen LogP contribution in [0.1, 0.15) is 11.1 Å². The van der Waals surface area contributed by atoms with E-state index < -0.39 is 3.79 Å². The molecule has 1 aromatic rings. The molecule has 0 bridgehead atoms. The normalized spacial score (nSPS) is 11.8. The predicted octanol–water partition coefficient (Wildman–Crippen LogP) is 5.13. The highest BCUT2D eigenvalue weighted by Gasteiger charge is 2.24. The van der Waals surface area contributed by atoms with E-state index in [1.54, 1.807) is 19.1 Å². The van der Waals surface area contributed by atoms with Gasteiger partial charge in [-0.05, 0) is 18.6 Å². The molecule has 0 fully saturated rings. The Bertz CT molecular complexity index is 303. The van der Waals surface area contributed by atoms with E-state index in [0.29, 0.717) is 15.6 Å². The summed E-state index contributed by atoms with van der Waals surface area (Å²) in [5.41, 5.74) is 1.31. The van der Waals surface area contributed by atoms with Crippen LogP contribution in [0.5, 0.6) is 0 Å². The van der Waals surface area contributed by atoms with Crippen LogP contribution in [-0.2, 0) is 3.79 Å². The van der Waals surface area contributed by atoms with Crippen molar-refractivity contribution in [1.29, 1.82) is 0 Å². The lowest BCUT2D eigenvalue weighted by Gasteiger charge is -2.13. The van der Waals surface area contributed by atoms with Gasteiger partial charge in [0.15, 0.2) is 0 Å². The first-order chi connectivity index (χ1) is 5.82. The molecule has 72 valence electrons. The Morgan fingerprint density at radius 2 is 1.62 bits per heavy atom. The quantitative estimate of drug-likeness (QED) is 0.577. The summed E-state index contributed by atoms with van der Waals surface area (Å²) < 4.78 is -1.46. The SMILES string of the molecule is Cc1cc(C(Cl)(Cl)Cl)cc(Cl)c1Cl. The van der Waals surface area contributed by atoms with Gasteiger partial charge in [-0.25, -0.2) is 0 Å². The second kappa shape index (κ2) is 4.04. The molecule has 5 heteroatoms. The van der Waals surface area contributed by atoms with Gasteiger partial charge in [-0.15, -0.1) is 0 Å². The van der Waals surface area contributed by atoms with Gasteiger partial charge in [0.25, 0.3) is 0 Å². The molecule has 13 heavy (non-hydrogen) atoms. The van der Waals surface area contributed by atoms with Crippen molar-refractivity contribution in [2.24, 2.45) is 0 Å². The standard InChI is InChI=1S/C8H5Cl5/c1-4-2-5(8(11,12)13)3-6(9)7(4)10/h2-3H,1H3. The van der Waals surface area contributed by atoms with Crippen molar-refractivity contribution >= 4 is 58.0 Å². The Morgan fingerprint density at radius 3 is 2.00 bits per heavy atom. The van der Waals surface area contributed by atoms with Crippen LogP contribution in [0.4, 0.5) is 0 Å². The number of benzene rings is 1. The van der Waals surface area contributed by atoms with Crippen molar-refractivity contribution < 1.29 is 0 Å². The molecule has 0 heterocycles. The van der Waals surface area contributed by atoms with E-state index in [1.165, 1.54) is 0 Å². The maximum Gasteiger partial charge on any atom is 0.216 e. The van der Waals surface area contributed by atoms with Crippen molar-refractivity contribution in [2.45, 2.75) is 10.7 Å². The maximum atomic E-state index is 5.84. The molecule has 0 aliphatic heterocycles. The monoisotopic (exact) mass is 276 g/mol. The molecule has 1 rings (SSSR count). The van der Waals surface area contributed by atoms with Crippen LogP contribution in [0.3, 0.4) is 0 Å². The van der Waals surface area contributed by atoms with Gasteiger partial charge in [-0.2, -0.15) is 0 Å². The Morgan fingerprint density at radius 1 is 1.08 bits per heavy atom. The van der Waals surface area contributed by atoms with E-state index in [0.717, 1.165) is 5.56 Å². The highest BCUT2D eigenvalue weighted by Crippen LogP contribution is 2.41. The number of rotatable bonds is 0. The molecule has 0 unspecified atom stereocenters. The second-order valence-electron chi connectivity index (χ2n) is 2.59. The summed E-state index contributed by atoms with van der Waals surface area (Å²) in [7, 11) is 0. The minimum absolute atomic E-state index is 0.392. The summed E-state index contributed by atoms with van der Waals surface area (Å²) in [5, 5.41) is 0.877. The zero-order chi connectivity index (χ0) is 10.2. The van der Waals surface area contributed by atoms with Crippen LogP contribution >= 0.6 is 58.0 Å². The first-order valence-electron chi connectivity index (χ1n) is 3.35. The largest absolute Gasteiger partial charge is 0.216 e. The summed E-state index contributed by atoms with van der Waals surface area (Å²) >= 11 is 28.7. The summed E-state index contributed by atoms with van der Waals surface area (Å²) in [6.45, 7) is 1.80. The Kier molecular flexibility index (Phi) is 3.65. The van der Waals surface area contributed by atoms with Crippen molar-refractivity contribution in [2.75, 3.05) is 0 Å². The maximum absolute atomic E-state index is 5.84. The van der Waals surface area contributed by atoms with Crippen molar-refractivity contribution in [3.63, 3.8) is 0 Å². The van der Waals surface area contributed by atoms with Crippen LogP contribution in [-0.4, -0.2) is 0 Å². The molecule has 1 aromatic carbocycles. The van der Waals surface area contributed by atoms with E-state index >= 15 is 0 Å². The second-order valence-corrected chi connectivity index (χ2v) is 5.65. The number of alkyl halides is 3. The molecular weight excluding hydrogens is 273 g/mol. The number of aryl methyl sites for hydroxylation is 1. The van der Waals surface area contributed by atoms with E-state index in [9.17, 15) is 0 Å². The molecule has 0 nitrogen and oxygen atoms in total. The Hall–Kier alpha value is 0.670. The topological polar surface area (TPSA) is 0 Å². The third-order valence-electron chi connectivity index (χ3n) is 1.54. The number of hydrogen-bond donors (Lipinski definition) is 0. The van der Waals surface area contributed by atoms with Crippen LogP contribution in [0.25, 0.3) is 0 Å². The fourth-order valence-electron chi connectivity index (χ4n) is 0.890. The van der Waals surface area contributed by atoms with Gasteiger partial charge in [-0.3, -0.25) is 0 Å². The van der Waals surface area contributed by atoms with Crippen LogP contribution in [0.15, 0.2) is 12.1 Å². The Labute approximate surface area is 102 Å². The average molecular weight is 278 g/mol. The molecule has 0 aromatic heterocycles. The van der Waals surface area contributed by atoms with Crippen molar-refractivity contribution in [1.82, 2.24) is 0 Å². The summed E-state index contributed by atoms with van der Waals surface area (Å²) in [6.07, 6.45) is 0. The highest BCUT2D eigenvalue weighted by atomic mass is 35.6. The zero-order valence-electron chi connectivity index (χ0n) is 6.54. The summed E-state index contributed by atoms with van der Waals surface area (Å²) in [4.78, 5) is 0. The molecule has 0 saturated carbocycles. The molecule has 0 aliphatic rings. The van der Waals surface area contributed by atoms with E-state index in [4.69, 9.17) is 58.0 Å². The van der Waals surface area contributed by atoms with Gasteiger partial charge in [0.05, 0.1) is 10.0 Å². The Balaban J connectivity index is 3.29.